The average molecular weight is 313 g/mol. The van der Waals surface area contributed by atoms with Crippen LogP contribution >= 0.6 is 0 Å². The molecule has 0 aliphatic rings. The van der Waals surface area contributed by atoms with Crippen LogP contribution in [0, 0.1) is 6.92 Å². The summed E-state index contributed by atoms with van der Waals surface area (Å²) in [6, 6.07) is 16.8. The molecule has 0 amide bonds. The summed E-state index contributed by atoms with van der Waals surface area (Å²) in [5.41, 5.74) is 7.69. The van der Waals surface area contributed by atoms with Gasteiger partial charge in [0.15, 0.2) is 6.10 Å². The molecule has 0 unspecified atom stereocenters. The van der Waals surface area contributed by atoms with E-state index < -0.39 is 24.2 Å². The van der Waals surface area contributed by atoms with Crippen LogP contribution in [-0.2, 0) is 9.53 Å². The standard InChI is InChI=1S/C19H23NO3/c1-13-9-11-16(12-10-13)18(15(3)22-19(21)14(2)20)23-17-7-5-4-6-8-17/h4-12,14-15,18H,20H2,1-3H3/t14-,15-,18-/m0/s1. The van der Waals surface area contributed by atoms with Crippen molar-refractivity contribution in [1.29, 1.82) is 0 Å². The number of ether oxygens (including phenoxy) is 2. The Kier molecular flexibility index (Phi) is 5.77. The van der Waals surface area contributed by atoms with Crippen LogP contribution in [-0.4, -0.2) is 18.1 Å². The van der Waals surface area contributed by atoms with Crippen LogP contribution in [0.3, 0.4) is 0 Å². The van der Waals surface area contributed by atoms with Crippen LogP contribution in [0.25, 0.3) is 0 Å². The van der Waals surface area contributed by atoms with E-state index >= 15 is 0 Å². The predicted molar refractivity (Wildman–Crippen MR) is 90.2 cm³/mol. The van der Waals surface area contributed by atoms with Crippen LogP contribution in [0.4, 0.5) is 0 Å². The first-order valence-corrected chi connectivity index (χ1v) is 7.71. The zero-order chi connectivity index (χ0) is 16.8. The van der Waals surface area contributed by atoms with E-state index in [0.29, 0.717) is 0 Å². The number of hydrogen-bond donors (Lipinski definition) is 1. The molecule has 0 aliphatic heterocycles. The minimum Gasteiger partial charge on any atom is -0.482 e. The first-order valence-electron chi connectivity index (χ1n) is 7.71. The minimum atomic E-state index is -0.659. The largest absolute Gasteiger partial charge is 0.482 e. The molecule has 0 fully saturated rings. The molecular formula is C19H23NO3. The van der Waals surface area contributed by atoms with Gasteiger partial charge in [-0.15, -0.1) is 0 Å². The summed E-state index contributed by atoms with van der Waals surface area (Å²) >= 11 is 0. The molecule has 122 valence electrons. The number of carbonyl (C=O) groups excluding carboxylic acids is 1. The number of esters is 1. The molecule has 0 saturated carbocycles. The van der Waals surface area contributed by atoms with Gasteiger partial charge in [-0.2, -0.15) is 0 Å². The number of hydrogen-bond acceptors (Lipinski definition) is 4. The second-order valence-corrected chi connectivity index (χ2v) is 5.69. The highest BCUT2D eigenvalue weighted by Gasteiger charge is 2.26. The van der Waals surface area contributed by atoms with E-state index in [1.165, 1.54) is 0 Å². The second-order valence-electron chi connectivity index (χ2n) is 5.69. The number of aryl methyl sites for hydroxylation is 1. The van der Waals surface area contributed by atoms with E-state index in [1.54, 1.807) is 6.92 Å². The zero-order valence-electron chi connectivity index (χ0n) is 13.7. The summed E-state index contributed by atoms with van der Waals surface area (Å²) in [7, 11) is 0. The van der Waals surface area contributed by atoms with Gasteiger partial charge in [0.1, 0.15) is 17.9 Å². The maximum Gasteiger partial charge on any atom is 0.323 e. The Balaban J connectivity index is 2.23. The predicted octanol–water partition coefficient (Wildman–Crippen LogP) is 3.39. The summed E-state index contributed by atoms with van der Waals surface area (Å²) in [4.78, 5) is 11.8. The zero-order valence-corrected chi connectivity index (χ0v) is 13.7. The van der Waals surface area contributed by atoms with Gasteiger partial charge in [0.2, 0.25) is 0 Å². The molecule has 4 heteroatoms. The van der Waals surface area contributed by atoms with E-state index in [1.807, 2.05) is 68.4 Å². The molecule has 4 nitrogen and oxygen atoms in total. The second kappa shape index (κ2) is 7.79. The highest BCUT2D eigenvalue weighted by Crippen LogP contribution is 2.27. The fraction of sp³-hybridized carbons (Fsp3) is 0.316. The molecule has 2 rings (SSSR count). The quantitative estimate of drug-likeness (QED) is 0.830. The molecule has 0 heterocycles. The Morgan fingerprint density at radius 1 is 1.00 bits per heavy atom. The number of carbonyl (C=O) groups is 1. The molecule has 0 radical (unpaired) electrons. The number of rotatable bonds is 6. The van der Waals surface area contributed by atoms with Gasteiger partial charge in [0.05, 0.1) is 0 Å². The molecule has 2 N–H and O–H groups in total. The van der Waals surface area contributed by atoms with Crippen molar-refractivity contribution in [3.63, 3.8) is 0 Å². The smallest absolute Gasteiger partial charge is 0.323 e. The topological polar surface area (TPSA) is 61.5 Å². The van der Waals surface area contributed by atoms with Gasteiger partial charge in [0, 0.05) is 0 Å². The van der Waals surface area contributed by atoms with Crippen molar-refractivity contribution in [1.82, 2.24) is 0 Å². The maximum absolute atomic E-state index is 11.8. The van der Waals surface area contributed by atoms with E-state index in [-0.39, 0.29) is 0 Å². The Morgan fingerprint density at radius 2 is 1.61 bits per heavy atom. The van der Waals surface area contributed by atoms with E-state index in [2.05, 4.69) is 0 Å². The van der Waals surface area contributed by atoms with Gasteiger partial charge >= 0.3 is 5.97 Å². The Bertz CT molecular complexity index is 623. The van der Waals surface area contributed by atoms with Gasteiger partial charge in [-0.3, -0.25) is 4.79 Å². The van der Waals surface area contributed by atoms with Gasteiger partial charge in [-0.25, -0.2) is 0 Å². The fourth-order valence-corrected chi connectivity index (χ4v) is 2.19. The molecule has 23 heavy (non-hydrogen) atoms. The summed E-state index contributed by atoms with van der Waals surface area (Å²) < 4.78 is 11.5. The molecule has 0 saturated heterocycles. The first-order chi connectivity index (χ1) is 11.0. The van der Waals surface area contributed by atoms with Crippen LogP contribution in [0.5, 0.6) is 5.75 Å². The van der Waals surface area contributed by atoms with Crippen molar-refractivity contribution < 1.29 is 14.3 Å². The van der Waals surface area contributed by atoms with Crippen molar-refractivity contribution in [3.05, 3.63) is 65.7 Å². The lowest BCUT2D eigenvalue weighted by Crippen LogP contribution is -2.34. The Morgan fingerprint density at radius 3 is 2.17 bits per heavy atom. The third-order valence-electron chi connectivity index (χ3n) is 3.51. The van der Waals surface area contributed by atoms with Gasteiger partial charge in [-0.1, -0.05) is 48.0 Å². The molecule has 3 atom stereocenters. The van der Waals surface area contributed by atoms with E-state index in [9.17, 15) is 4.79 Å². The normalized spacial score (nSPS) is 14.6. The van der Waals surface area contributed by atoms with Gasteiger partial charge in [-0.05, 0) is 38.5 Å². The minimum absolute atomic E-state index is 0.402. The van der Waals surface area contributed by atoms with E-state index in [0.717, 1.165) is 16.9 Å². The van der Waals surface area contributed by atoms with Crippen LogP contribution in [0.15, 0.2) is 54.6 Å². The van der Waals surface area contributed by atoms with Crippen molar-refractivity contribution in [2.75, 3.05) is 0 Å². The molecule has 0 aromatic heterocycles. The van der Waals surface area contributed by atoms with Crippen molar-refractivity contribution in [2.45, 2.75) is 39.0 Å². The molecule has 2 aromatic carbocycles. The molecular weight excluding hydrogens is 290 g/mol. The lowest BCUT2D eigenvalue weighted by Gasteiger charge is -2.26. The molecule has 0 bridgehead atoms. The van der Waals surface area contributed by atoms with Crippen LogP contribution < -0.4 is 10.5 Å². The summed E-state index contributed by atoms with van der Waals surface area (Å²) in [5, 5.41) is 0. The number of para-hydroxylation sites is 1. The lowest BCUT2D eigenvalue weighted by atomic mass is 10.0. The third-order valence-corrected chi connectivity index (χ3v) is 3.51. The van der Waals surface area contributed by atoms with E-state index in [4.69, 9.17) is 15.2 Å². The molecule has 2 aromatic rings. The Hall–Kier alpha value is -2.33. The highest BCUT2D eigenvalue weighted by atomic mass is 16.6. The van der Waals surface area contributed by atoms with Crippen molar-refractivity contribution in [2.24, 2.45) is 5.73 Å². The SMILES string of the molecule is Cc1ccc([C@@H](Oc2ccccc2)[C@H](C)OC(=O)[C@H](C)N)cc1. The van der Waals surface area contributed by atoms with Gasteiger partial charge in [0.25, 0.3) is 0 Å². The molecule has 0 spiro atoms. The number of nitrogens with two attached hydrogens (primary N) is 1. The summed E-state index contributed by atoms with van der Waals surface area (Å²) in [5.74, 6) is 0.285. The Labute approximate surface area is 137 Å². The lowest BCUT2D eigenvalue weighted by molar-refractivity contribution is -0.154. The summed E-state index contributed by atoms with van der Waals surface area (Å²) in [6.45, 7) is 5.44. The summed E-state index contributed by atoms with van der Waals surface area (Å²) in [6.07, 6.45) is -0.864. The van der Waals surface area contributed by atoms with Gasteiger partial charge < -0.3 is 15.2 Å². The maximum atomic E-state index is 11.8. The van der Waals surface area contributed by atoms with Crippen LogP contribution in [0.2, 0.25) is 0 Å². The number of benzene rings is 2. The average Bonchev–Trinajstić information content (AvgIpc) is 2.54. The first kappa shape index (κ1) is 17.0. The molecule has 0 aliphatic carbocycles. The third kappa shape index (κ3) is 4.83. The van der Waals surface area contributed by atoms with Crippen LogP contribution in [0.1, 0.15) is 31.1 Å². The highest BCUT2D eigenvalue weighted by molar-refractivity contribution is 5.75. The monoisotopic (exact) mass is 313 g/mol. The van der Waals surface area contributed by atoms with Crippen molar-refractivity contribution in [3.8, 4) is 5.75 Å². The fourth-order valence-electron chi connectivity index (χ4n) is 2.19. The van der Waals surface area contributed by atoms with Crippen molar-refractivity contribution >= 4 is 5.97 Å².